The Kier molecular flexibility index (Phi) is 4.74. The summed E-state index contributed by atoms with van der Waals surface area (Å²) in [7, 11) is -3.38. The van der Waals surface area contributed by atoms with Crippen LogP contribution in [-0.4, -0.2) is 15.0 Å². The summed E-state index contributed by atoms with van der Waals surface area (Å²) in [5.41, 5.74) is 1.14. The molecule has 0 aliphatic carbocycles. The Morgan fingerprint density at radius 2 is 1.89 bits per heavy atom. The van der Waals surface area contributed by atoms with Crippen molar-refractivity contribution in [2.75, 3.05) is 6.54 Å². The van der Waals surface area contributed by atoms with Gasteiger partial charge < -0.3 is 0 Å². The molecule has 102 valence electrons. The number of hydrogen-bond donors (Lipinski definition) is 1. The standard InChI is InChI=1S/C14H17NO2S2/c1-2-12-5-7-14(8-6-12)19(16,17)15-10-9-13-4-3-11-18-13/h3-8,11,15H,2,9-10H2,1H3. The van der Waals surface area contributed by atoms with Gasteiger partial charge in [0, 0.05) is 11.4 Å². The third-order valence-electron chi connectivity index (χ3n) is 2.89. The minimum absolute atomic E-state index is 0.330. The van der Waals surface area contributed by atoms with E-state index >= 15 is 0 Å². The Balaban J connectivity index is 1.97. The summed E-state index contributed by atoms with van der Waals surface area (Å²) in [5, 5.41) is 1.99. The van der Waals surface area contributed by atoms with E-state index in [4.69, 9.17) is 0 Å². The fraction of sp³-hybridized carbons (Fsp3) is 0.286. The highest BCUT2D eigenvalue weighted by Crippen LogP contribution is 2.12. The largest absolute Gasteiger partial charge is 0.240 e. The summed E-state index contributed by atoms with van der Waals surface area (Å²) in [6.45, 7) is 2.47. The van der Waals surface area contributed by atoms with Crippen LogP contribution in [0, 0.1) is 0 Å². The van der Waals surface area contributed by atoms with Gasteiger partial charge in [0.05, 0.1) is 4.90 Å². The number of rotatable bonds is 6. The van der Waals surface area contributed by atoms with Gasteiger partial charge in [-0.25, -0.2) is 13.1 Å². The molecule has 0 aliphatic heterocycles. The van der Waals surface area contributed by atoms with Crippen molar-refractivity contribution in [3.05, 3.63) is 52.2 Å². The molecule has 0 atom stereocenters. The van der Waals surface area contributed by atoms with Gasteiger partial charge >= 0.3 is 0 Å². The second-order valence-corrected chi connectivity index (χ2v) is 7.02. The zero-order chi connectivity index (χ0) is 13.7. The minimum atomic E-state index is -3.38. The second kappa shape index (κ2) is 6.32. The highest BCUT2D eigenvalue weighted by Gasteiger charge is 2.12. The summed E-state index contributed by atoms with van der Waals surface area (Å²) in [6, 6.07) is 11.0. The van der Waals surface area contributed by atoms with Crippen LogP contribution in [0.4, 0.5) is 0 Å². The van der Waals surface area contributed by atoms with Crippen LogP contribution >= 0.6 is 11.3 Å². The van der Waals surface area contributed by atoms with Crippen molar-refractivity contribution in [2.24, 2.45) is 0 Å². The van der Waals surface area contributed by atoms with E-state index in [0.29, 0.717) is 11.4 Å². The van der Waals surface area contributed by atoms with Crippen LogP contribution < -0.4 is 4.72 Å². The monoisotopic (exact) mass is 295 g/mol. The Bertz CT molecular complexity index is 601. The topological polar surface area (TPSA) is 46.2 Å². The van der Waals surface area contributed by atoms with E-state index in [2.05, 4.69) is 4.72 Å². The molecule has 0 bridgehead atoms. The molecule has 0 unspecified atom stereocenters. The first kappa shape index (κ1) is 14.2. The van der Waals surface area contributed by atoms with Gasteiger partial charge in [0.1, 0.15) is 0 Å². The normalized spacial score (nSPS) is 11.6. The van der Waals surface area contributed by atoms with Crippen LogP contribution in [0.2, 0.25) is 0 Å². The van der Waals surface area contributed by atoms with Crippen LogP contribution in [0.1, 0.15) is 17.4 Å². The van der Waals surface area contributed by atoms with Gasteiger partial charge in [0.2, 0.25) is 10.0 Å². The van der Waals surface area contributed by atoms with Gasteiger partial charge in [-0.2, -0.15) is 0 Å². The van der Waals surface area contributed by atoms with Crippen molar-refractivity contribution in [3.8, 4) is 0 Å². The number of nitrogens with one attached hydrogen (secondary N) is 1. The highest BCUT2D eigenvalue weighted by molar-refractivity contribution is 7.89. The molecule has 1 aromatic heterocycles. The zero-order valence-corrected chi connectivity index (χ0v) is 12.4. The highest BCUT2D eigenvalue weighted by atomic mass is 32.2. The molecule has 0 radical (unpaired) electrons. The van der Waals surface area contributed by atoms with E-state index < -0.39 is 10.0 Å². The molecule has 0 spiro atoms. The molecule has 2 aromatic rings. The summed E-state index contributed by atoms with van der Waals surface area (Å²) in [4.78, 5) is 1.51. The molecular formula is C14H17NO2S2. The van der Waals surface area contributed by atoms with Crippen molar-refractivity contribution in [2.45, 2.75) is 24.7 Å². The Morgan fingerprint density at radius 3 is 2.47 bits per heavy atom. The summed E-state index contributed by atoms with van der Waals surface area (Å²) < 4.78 is 26.7. The maximum atomic E-state index is 12.1. The van der Waals surface area contributed by atoms with E-state index in [0.717, 1.165) is 18.4 Å². The van der Waals surface area contributed by atoms with Crippen LogP contribution in [0.3, 0.4) is 0 Å². The molecular weight excluding hydrogens is 278 g/mol. The van der Waals surface area contributed by atoms with Gasteiger partial charge in [-0.3, -0.25) is 0 Å². The summed E-state index contributed by atoms with van der Waals surface area (Å²) in [5.74, 6) is 0. The first-order valence-corrected chi connectivity index (χ1v) is 8.59. The van der Waals surface area contributed by atoms with Gasteiger partial charge in [-0.1, -0.05) is 25.1 Å². The summed E-state index contributed by atoms with van der Waals surface area (Å²) in [6.07, 6.45) is 1.63. The predicted octanol–water partition coefficient (Wildman–Crippen LogP) is 2.83. The lowest BCUT2D eigenvalue weighted by atomic mass is 10.2. The molecule has 0 saturated heterocycles. The number of hydrogen-bond acceptors (Lipinski definition) is 3. The molecule has 3 nitrogen and oxygen atoms in total. The third-order valence-corrected chi connectivity index (χ3v) is 5.30. The maximum absolute atomic E-state index is 12.1. The zero-order valence-electron chi connectivity index (χ0n) is 10.8. The molecule has 5 heteroatoms. The first-order chi connectivity index (χ1) is 9.12. The number of aryl methyl sites for hydroxylation is 1. The van der Waals surface area contributed by atoms with Crippen molar-refractivity contribution in [3.63, 3.8) is 0 Å². The van der Waals surface area contributed by atoms with E-state index in [1.54, 1.807) is 23.5 Å². The number of thiophene rings is 1. The van der Waals surface area contributed by atoms with Crippen LogP contribution in [0.25, 0.3) is 0 Å². The summed E-state index contributed by atoms with van der Waals surface area (Å²) >= 11 is 1.64. The van der Waals surface area contributed by atoms with Crippen molar-refractivity contribution < 1.29 is 8.42 Å². The predicted molar refractivity (Wildman–Crippen MR) is 79.0 cm³/mol. The van der Waals surface area contributed by atoms with Gasteiger partial charge in [0.15, 0.2) is 0 Å². The average Bonchev–Trinajstić information content (AvgIpc) is 2.92. The minimum Gasteiger partial charge on any atom is -0.211 e. The molecule has 2 rings (SSSR count). The van der Waals surface area contributed by atoms with Gasteiger partial charge in [-0.15, -0.1) is 11.3 Å². The Labute approximate surface area is 118 Å². The first-order valence-electron chi connectivity index (χ1n) is 6.23. The van der Waals surface area contributed by atoms with Crippen molar-refractivity contribution >= 4 is 21.4 Å². The fourth-order valence-electron chi connectivity index (χ4n) is 1.75. The second-order valence-electron chi connectivity index (χ2n) is 4.22. The molecule has 1 heterocycles. The SMILES string of the molecule is CCc1ccc(S(=O)(=O)NCCc2cccs2)cc1. The fourth-order valence-corrected chi connectivity index (χ4v) is 3.49. The molecule has 1 aromatic carbocycles. The molecule has 0 saturated carbocycles. The number of sulfonamides is 1. The van der Waals surface area contributed by atoms with Crippen LogP contribution in [0.5, 0.6) is 0 Å². The van der Waals surface area contributed by atoms with E-state index in [-0.39, 0.29) is 0 Å². The molecule has 0 fully saturated rings. The molecule has 1 N–H and O–H groups in total. The van der Waals surface area contributed by atoms with E-state index in [1.807, 2.05) is 36.6 Å². The lowest BCUT2D eigenvalue weighted by molar-refractivity contribution is 0.582. The third kappa shape index (κ3) is 3.89. The molecule has 0 aliphatic rings. The lowest BCUT2D eigenvalue weighted by Crippen LogP contribution is -2.25. The van der Waals surface area contributed by atoms with E-state index in [1.165, 1.54) is 4.88 Å². The van der Waals surface area contributed by atoms with Crippen LogP contribution in [-0.2, 0) is 22.9 Å². The quantitative estimate of drug-likeness (QED) is 0.890. The molecule has 0 amide bonds. The van der Waals surface area contributed by atoms with Crippen molar-refractivity contribution in [1.29, 1.82) is 0 Å². The maximum Gasteiger partial charge on any atom is 0.240 e. The number of benzene rings is 1. The molecule has 19 heavy (non-hydrogen) atoms. The lowest BCUT2D eigenvalue weighted by Gasteiger charge is -2.06. The van der Waals surface area contributed by atoms with E-state index in [9.17, 15) is 8.42 Å². The van der Waals surface area contributed by atoms with Crippen molar-refractivity contribution in [1.82, 2.24) is 4.72 Å². The van der Waals surface area contributed by atoms with Crippen LogP contribution in [0.15, 0.2) is 46.7 Å². The average molecular weight is 295 g/mol. The van der Waals surface area contributed by atoms with Gasteiger partial charge in [0.25, 0.3) is 0 Å². The van der Waals surface area contributed by atoms with Gasteiger partial charge in [-0.05, 0) is 42.0 Å². The Hall–Kier alpha value is -1.17. The smallest absolute Gasteiger partial charge is 0.211 e. The Morgan fingerprint density at radius 1 is 1.16 bits per heavy atom.